The third-order valence-corrected chi connectivity index (χ3v) is 1.38. The molecule has 1 rings (SSSR count). The van der Waals surface area contributed by atoms with Crippen molar-refractivity contribution in [1.82, 2.24) is 0 Å². The fourth-order valence-electron chi connectivity index (χ4n) is 0.800. The van der Waals surface area contributed by atoms with Gasteiger partial charge < -0.3 is 9.84 Å². The number of benzene rings is 1. The molecule has 0 aliphatic heterocycles. The van der Waals surface area contributed by atoms with Crippen LogP contribution in [0.2, 0.25) is 0 Å². The fraction of sp³-hybridized carbons (Fsp3) is 0.250. The molecule has 1 aromatic carbocycles. The van der Waals surface area contributed by atoms with Gasteiger partial charge in [-0.1, -0.05) is 12.1 Å². The first-order chi connectivity index (χ1) is 4.74. The van der Waals surface area contributed by atoms with Gasteiger partial charge >= 0.3 is 29.6 Å². The summed E-state index contributed by atoms with van der Waals surface area (Å²) >= 11 is 0. The third kappa shape index (κ3) is 2.73. The van der Waals surface area contributed by atoms with Crippen molar-refractivity contribution < 1.29 is 39.4 Å². The largest absolute Gasteiger partial charge is 1.00 e. The average Bonchev–Trinajstić information content (AvgIpc) is 1.94. The predicted octanol–water partition coefficient (Wildman–Crippen LogP) is -1.92. The molecule has 2 nitrogen and oxygen atoms in total. The molecule has 0 aliphatic carbocycles. The molecule has 11 heavy (non-hydrogen) atoms. The van der Waals surface area contributed by atoms with Gasteiger partial charge in [0.2, 0.25) is 0 Å². The molecule has 0 saturated carbocycles. The standard InChI is InChI=1S/C8H10O2.Na/c1-6-3-4-7(9)5-8(6)10-2;/h3-5,9H,1-2H3;/q;+1/p-1. The molecule has 0 heterocycles. The van der Waals surface area contributed by atoms with Crippen LogP contribution in [0.5, 0.6) is 11.5 Å². The van der Waals surface area contributed by atoms with Gasteiger partial charge in [0.1, 0.15) is 5.75 Å². The Morgan fingerprint density at radius 3 is 2.45 bits per heavy atom. The Bertz CT molecular complexity index is 236. The van der Waals surface area contributed by atoms with Gasteiger partial charge in [0, 0.05) is 0 Å². The van der Waals surface area contributed by atoms with Crippen LogP contribution in [0.1, 0.15) is 5.56 Å². The summed E-state index contributed by atoms with van der Waals surface area (Å²) in [5, 5.41) is 10.7. The molecule has 54 valence electrons. The third-order valence-electron chi connectivity index (χ3n) is 1.38. The summed E-state index contributed by atoms with van der Waals surface area (Å²) in [6, 6.07) is 4.76. The predicted molar refractivity (Wildman–Crippen MR) is 37.2 cm³/mol. The smallest absolute Gasteiger partial charge is 0.872 e. The fourth-order valence-corrected chi connectivity index (χ4v) is 0.800. The van der Waals surface area contributed by atoms with Crippen molar-refractivity contribution in [1.29, 1.82) is 0 Å². The van der Waals surface area contributed by atoms with Gasteiger partial charge in [-0.15, -0.1) is 5.75 Å². The maximum absolute atomic E-state index is 10.7. The molecular weight excluding hydrogens is 151 g/mol. The Kier molecular flexibility index (Phi) is 4.57. The average molecular weight is 160 g/mol. The van der Waals surface area contributed by atoms with Gasteiger partial charge in [-0.2, -0.15) is 0 Å². The molecule has 0 unspecified atom stereocenters. The van der Waals surface area contributed by atoms with E-state index in [-0.39, 0.29) is 35.3 Å². The summed E-state index contributed by atoms with van der Waals surface area (Å²) in [4.78, 5) is 0. The van der Waals surface area contributed by atoms with Gasteiger partial charge in [0.25, 0.3) is 0 Å². The van der Waals surface area contributed by atoms with E-state index in [2.05, 4.69) is 0 Å². The quantitative estimate of drug-likeness (QED) is 0.449. The molecule has 0 atom stereocenters. The Morgan fingerprint density at radius 1 is 1.36 bits per heavy atom. The molecule has 0 aliphatic rings. The molecule has 3 heteroatoms. The van der Waals surface area contributed by atoms with E-state index in [1.165, 1.54) is 12.1 Å². The maximum atomic E-state index is 10.7. The van der Waals surface area contributed by atoms with Crippen molar-refractivity contribution in [2.45, 2.75) is 6.92 Å². The second-order valence-corrected chi connectivity index (χ2v) is 2.13. The Balaban J connectivity index is 0.000001000. The van der Waals surface area contributed by atoms with Crippen molar-refractivity contribution in [2.24, 2.45) is 0 Å². The van der Waals surface area contributed by atoms with Crippen LogP contribution in [0.15, 0.2) is 18.2 Å². The number of hydrogen-bond acceptors (Lipinski definition) is 2. The zero-order chi connectivity index (χ0) is 7.56. The summed E-state index contributed by atoms with van der Waals surface area (Å²) in [5.74, 6) is 0.648. The first-order valence-corrected chi connectivity index (χ1v) is 3.05. The number of ether oxygens (including phenoxy) is 1. The summed E-state index contributed by atoms with van der Waals surface area (Å²) in [6.45, 7) is 1.90. The van der Waals surface area contributed by atoms with Crippen LogP contribution in [0.25, 0.3) is 0 Å². The minimum atomic E-state index is -0.0116. The van der Waals surface area contributed by atoms with Crippen LogP contribution < -0.4 is 39.4 Å². The van der Waals surface area contributed by atoms with Gasteiger partial charge in [0.05, 0.1) is 7.11 Å². The first kappa shape index (κ1) is 10.8. The second-order valence-electron chi connectivity index (χ2n) is 2.13. The molecule has 0 bridgehead atoms. The van der Waals surface area contributed by atoms with Gasteiger partial charge in [-0.25, -0.2) is 0 Å². The Hall–Kier alpha value is -0.180. The zero-order valence-corrected chi connectivity index (χ0v) is 9.05. The molecule has 0 saturated heterocycles. The molecule has 0 aromatic heterocycles. The van der Waals surface area contributed by atoms with Crippen molar-refractivity contribution >= 4 is 0 Å². The van der Waals surface area contributed by atoms with Gasteiger partial charge in [-0.3, -0.25) is 0 Å². The van der Waals surface area contributed by atoms with Gasteiger partial charge in [-0.05, 0) is 18.6 Å². The normalized spacial score (nSPS) is 8.55. The minimum Gasteiger partial charge on any atom is -0.872 e. The number of aryl methyl sites for hydroxylation is 1. The molecular formula is C8H9NaO2. The van der Waals surface area contributed by atoms with E-state index in [0.717, 1.165) is 5.56 Å². The van der Waals surface area contributed by atoms with Gasteiger partial charge in [0.15, 0.2) is 0 Å². The Morgan fingerprint density at radius 2 is 2.00 bits per heavy atom. The summed E-state index contributed by atoms with van der Waals surface area (Å²) in [7, 11) is 1.56. The summed E-state index contributed by atoms with van der Waals surface area (Å²) < 4.78 is 4.93. The van der Waals surface area contributed by atoms with E-state index in [4.69, 9.17) is 4.74 Å². The van der Waals surface area contributed by atoms with Crippen LogP contribution in [-0.4, -0.2) is 7.11 Å². The molecule has 0 amide bonds. The van der Waals surface area contributed by atoms with Crippen molar-refractivity contribution in [3.63, 3.8) is 0 Å². The second kappa shape index (κ2) is 4.65. The van der Waals surface area contributed by atoms with Crippen LogP contribution in [0.4, 0.5) is 0 Å². The van der Waals surface area contributed by atoms with Crippen molar-refractivity contribution in [3.05, 3.63) is 23.8 Å². The van der Waals surface area contributed by atoms with E-state index in [1.807, 2.05) is 6.92 Å². The molecule has 0 N–H and O–H groups in total. The van der Waals surface area contributed by atoms with Crippen molar-refractivity contribution in [3.8, 4) is 11.5 Å². The molecule has 0 radical (unpaired) electrons. The van der Waals surface area contributed by atoms with E-state index in [0.29, 0.717) is 5.75 Å². The van der Waals surface area contributed by atoms with E-state index >= 15 is 0 Å². The van der Waals surface area contributed by atoms with Crippen LogP contribution >= 0.6 is 0 Å². The molecule has 0 fully saturated rings. The number of hydrogen-bond donors (Lipinski definition) is 0. The van der Waals surface area contributed by atoms with Crippen LogP contribution in [0, 0.1) is 6.92 Å². The van der Waals surface area contributed by atoms with E-state index in [9.17, 15) is 5.11 Å². The van der Waals surface area contributed by atoms with Crippen LogP contribution in [0.3, 0.4) is 0 Å². The van der Waals surface area contributed by atoms with Crippen molar-refractivity contribution in [2.75, 3.05) is 7.11 Å². The number of methoxy groups -OCH3 is 1. The summed E-state index contributed by atoms with van der Waals surface area (Å²) in [6.07, 6.45) is 0. The van der Waals surface area contributed by atoms with E-state index < -0.39 is 0 Å². The number of rotatable bonds is 1. The Labute approximate surface area is 88.5 Å². The maximum Gasteiger partial charge on any atom is 1.00 e. The first-order valence-electron chi connectivity index (χ1n) is 3.05. The SMILES string of the molecule is COc1cc([O-])ccc1C.[Na+]. The molecule has 0 spiro atoms. The van der Waals surface area contributed by atoms with E-state index in [1.54, 1.807) is 13.2 Å². The topological polar surface area (TPSA) is 32.3 Å². The van der Waals surface area contributed by atoms with Crippen LogP contribution in [-0.2, 0) is 0 Å². The monoisotopic (exact) mass is 160 g/mol. The minimum absolute atomic E-state index is 0. The summed E-state index contributed by atoms with van der Waals surface area (Å²) in [5.41, 5.74) is 0.988. The zero-order valence-electron chi connectivity index (χ0n) is 7.05. The molecule has 1 aromatic rings.